The molecule has 4 aliphatic carbocycles. The van der Waals surface area contributed by atoms with Crippen molar-refractivity contribution in [1.82, 2.24) is 0 Å². The molecular formula is C30H40O2. The summed E-state index contributed by atoms with van der Waals surface area (Å²) >= 11 is 0. The Morgan fingerprint density at radius 1 is 1.00 bits per heavy atom. The van der Waals surface area contributed by atoms with Gasteiger partial charge in [0.15, 0.2) is 5.78 Å². The minimum atomic E-state index is -0.850. The van der Waals surface area contributed by atoms with Gasteiger partial charge in [-0.05, 0) is 118 Å². The van der Waals surface area contributed by atoms with E-state index in [4.69, 9.17) is 0 Å². The Balaban J connectivity index is 1.27. The smallest absolute Gasteiger partial charge is 0.159 e. The molecule has 0 radical (unpaired) electrons. The zero-order chi connectivity index (χ0) is 22.5. The molecule has 0 bridgehead atoms. The molecule has 0 heterocycles. The van der Waals surface area contributed by atoms with Crippen molar-refractivity contribution in [3.05, 3.63) is 35.4 Å². The molecule has 172 valence electrons. The lowest BCUT2D eigenvalue weighted by Gasteiger charge is -2.56. The van der Waals surface area contributed by atoms with Crippen LogP contribution >= 0.6 is 0 Å². The highest BCUT2D eigenvalue weighted by molar-refractivity contribution is 5.94. The molecule has 0 amide bonds. The topological polar surface area (TPSA) is 37.3 Å². The van der Waals surface area contributed by atoms with Crippen LogP contribution in [0.5, 0.6) is 0 Å². The second-order valence-electron chi connectivity index (χ2n) is 11.8. The van der Waals surface area contributed by atoms with Gasteiger partial charge in [-0.1, -0.05) is 44.2 Å². The van der Waals surface area contributed by atoms with Crippen molar-refractivity contribution in [2.75, 3.05) is 0 Å². The maximum atomic E-state index is 11.5. The maximum Gasteiger partial charge on any atom is 0.159 e. The zero-order valence-electron chi connectivity index (χ0n) is 20.2. The molecule has 2 nitrogen and oxygen atoms in total. The van der Waals surface area contributed by atoms with E-state index in [1.54, 1.807) is 6.92 Å². The Morgan fingerprint density at radius 3 is 2.47 bits per heavy atom. The summed E-state index contributed by atoms with van der Waals surface area (Å²) in [6.07, 6.45) is 12.6. The van der Waals surface area contributed by atoms with Crippen molar-refractivity contribution in [2.24, 2.45) is 40.9 Å². The van der Waals surface area contributed by atoms with Crippen LogP contribution in [0.15, 0.2) is 24.3 Å². The number of ketones is 1. The molecule has 0 saturated heterocycles. The van der Waals surface area contributed by atoms with Crippen molar-refractivity contribution >= 4 is 5.78 Å². The van der Waals surface area contributed by atoms with Crippen molar-refractivity contribution in [1.29, 1.82) is 0 Å². The van der Waals surface area contributed by atoms with E-state index >= 15 is 0 Å². The SMILES string of the molecule is CC[C@H]1CC[C@H]2[C@@H]3CC[C@@H]4C[C@@](O)(C#Cc5ccc(C(C)=O)cc5)CC[C@@H]4[C@H]3CC[C@]12C. The molecule has 0 aromatic heterocycles. The molecule has 2 heteroatoms. The number of benzene rings is 1. The lowest BCUT2D eigenvalue weighted by atomic mass is 9.49. The first-order chi connectivity index (χ1) is 15.3. The van der Waals surface area contributed by atoms with Gasteiger partial charge in [-0.25, -0.2) is 0 Å². The average molecular weight is 433 g/mol. The number of aliphatic hydroxyl groups is 1. The highest BCUT2D eigenvalue weighted by atomic mass is 16.3. The maximum absolute atomic E-state index is 11.5. The van der Waals surface area contributed by atoms with Gasteiger partial charge in [-0.2, -0.15) is 0 Å². The van der Waals surface area contributed by atoms with E-state index in [9.17, 15) is 9.90 Å². The Labute approximate surface area is 194 Å². The van der Waals surface area contributed by atoms with E-state index in [-0.39, 0.29) is 5.78 Å². The Hall–Kier alpha value is -1.59. The number of fused-ring (bicyclic) bond motifs is 5. The van der Waals surface area contributed by atoms with Gasteiger partial charge >= 0.3 is 0 Å². The van der Waals surface area contributed by atoms with Crippen LogP contribution in [0, 0.1) is 52.8 Å². The number of carbonyl (C=O) groups excluding carboxylic acids is 1. The Bertz CT molecular complexity index is 920. The lowest BCUT2D eigenvalue weighted by molar-refractivity contribution is -0.0897. The van der Waals surface area contributed by atoms with Crippen LogP contribution in [-0.2, 0) is 0 Å². The largest absolute Gasteiger partial charge is 0.378 e. The number of rotatable bonds is 2. The fourth-order valence-corrected chi connectivity index (χ4v) is 8.75. The Morgan fingerprint density at radius 2 is 1.75 bits per heavy atom. The van der Waals surface area contributed by atoms with Gasteiger partial charge in [0.1, 0.15) is 5.60 Å². The summed E-state index contributed by atoms with van der Waals surface area (Å²) in [5.41, 5.74) is 1.34. The van der Waals surface area contributed by atoms with E-state index < -0.39 is 5.60 Å². The molecule has 1 aromatic rings. The van der Waals surface area contributed by atoms with Crippen molar-refractivity contribution in [3.63, 3.8) is 0 Å². The van der Waals surface area contributed by atoms with Gasteiger partial charge < -0.3 is 5.11 Å². The molecule has 0 spiro atoms. The van der Waals surface area contributed by atoms with Gasteiger partial charge in [-0.15, -0.1) is 0 Å². The van der Waals surface area contributed by atoms with Gasteiger partial charge in [0.2, 0.25) is 0 Å². The van der Waals surface area contributed by atoms with E-state index in [1.807, 2.05) is 24.3 Å². The quantitative estimate of drug-likeness (QED) is 0.419. The monoisotopic (exact) mass is 432 g/mol. The number of carbonyl (C=O) groups is 1. The van der Waals surface area contributed by atoms with Crippen LogP contribution in [-0.4, -0.2) is 16.5 Å². The number of Topliss-reactive ketones (excluding diaryl/α,β-unsaturated/α-hetero) is 1. The van der Waals surface area contributed by atoms with Gasteiger partial charge in [0, 0.05) is 11.1 Å². The van der Waals surface area contributed by atoms with Crippen molar-refractivity contribution in [3.8, 4) is 11.8 Å². The van der Waals surface area contributed by atoms with Crippen LogP contribution in [0.1, 0.15) is 101 Å². The predicted octanol–water partition coefficient (Wildman–Crippen LogP) is 6.65. The van der Waals surface area contributed by atoms with Crippen LogP contribution in [0.3, 0.4) is 0 Å². The molecule has 8 atom stereocenters. The fraction of sp³-hybridized carbons (Fsp3) is 0.700. The Kier molecular flexibility index (Phi) is 5.78. The van der Waals surface area contributed by atoms with Gasteiger partial charge in [-0.3, -0.25) is 4.79 Å². The molecule has 5 rings (SSSR count). The summed E-state index contributed by atoms with van der Waals surface area (Å²) in [6, 6.07) is 7.46. The summed E-state index contributed by atoms with van der Waals surface area (Å²) in [7, 11) is 0. The van der Waals surface area contributed by atoms with Gasteiger partial charge in [0.25, 0.3) is 0 Å². The highest BCUT2D eigenvalue weighted by Crippen LogP contribution is 2.65. The molecule has 4 saturated carbocycles. The third-order valence-corrected chi connectivity index (χ3v) is 10.4. The second kappa shape index (κ2) is 8.32. The lowest BCUT2D eigenvalue weighted by Crippen LogP contribution is -2.50. The van der Waals surface area contributed by atoms with Gasteiger partial charge in [0.05, 0.1) is 0 Å². The van der Waals surface area contributed by atoms with Crippen molar-refractivity contribution in [2.45, 2.75) is 90.6 Å². The van der Waals surface area contributed by atoms with E-state index in [2.05, 4.69) is 25.7 Å². The normalized spacial score (nSPS) is 42.8. The van der Waals surface area contributed by atoms with E-state index in [1.165, 1.54) is 44.9 Å². The standard InChI is InChI=1S/C30H40O2/c1-4-24-10-12-28-27-11-9-23-19-30(32,17-13-21-5-7-22(8-6-21)20(2)31)18-15-25(23)26(27)14-16-29(24,28)3/h5-8,23-28,32H,4,9-12,14-16,18-19H2,1-3H3/t23-,24+,25+,26-,27-,28+,29-,30-/m1/s1. The third kappa shape index (κ3) is 3.75. The van der Waals surface area contributed by atoms with Crippen LogP contribution in [0.4, 0.5) is 0 Å². The number of hydrogen-bond donors (Lipinski definition) is 1. The molecule has 1 aromatic carbocycles. The molecule has 0 unspecified atom stereocenters. The summed E-state index contributed by atoms with van der Waals surface area (Å²) < 4.78 is 0. The van der Waals surface area contributed by atoms with E-state index in [0.717, 1.165) is 54.4 Å². The van der Waals surface area contributed by atoms with Crippen LogP contribution in [0.2, 0.25) is 0 Å². The molecule has 4 fully saturated rings. The van der Waals surface area contributed by atoms with E-state index in [0.29, 0.717) is 16.9 Å². The second-order valence-corrected chi connectivity index (χ2v) is 11.8. The first-order valence-corrected chi connectivity index (χ1v) is 13.2. The molecular weight excluding hydrogens is 392 g/mol. The molecule has 1 N–H and O–H groups in total. The molecule has 4 aliphatic rings. The minimum absolute atomic E-state index is 0.0721. The third-order valence-electron chi connectivity index (χ3n) is 10.4. The fourth-order valence-electron chi connectivity index (χ4n) is 8.75. The summed E-state index contributed by atoms with van der Waals surface area (Å²) in [5.74, 6) is 11.7. The minimum Gasteiger partial charge on any atom is -0.378 e. The van der Waals surface area contributed by atoms with Crippen molar-refractivity contribution < 1.29 is 9.90 Å². The summed E-state index contributed by atoms with van der Waals surface area (Å²) in [4.78, 5) is 11.5. The molecule has 32 heavy (non-hydrogen) atoms. The zero-order valence-corrected chi connectivity index (χ0v) is 20.2. The van der Waals surface area contributed by atoms with Crippen LogP contribution in [0.25, 0.3) is 0 Å². The average Bonchev–Trinajstić information content (AvgIpc) is 3.14. The predicted molar refractivity (Wildman–Crippen MR) is 129 cm³/mol. The molecule has 0 aliphatic heterocycles. The first kappa shape index (κ1) is 22.2. The first-order valence-electron chi connectivity index (χ1n) is 13.2. The van der Waals surface area contributed by atoms with Crippen LogP contribution < -0.4 is 0 Å². The summed E-state index contributed by atoms with van der Waals surface area (Å²) in [5, 5.41) is 11.3. The highest BCUT2D eigenvalue weighted by Gasteiger charge is 2.57. The summed E-state index contributed by atoms with van der Waals surface area (Å²) in [6.45, 7) is 6.61. The number of hydrogen-bond acceptors (Lipinski definition) is 2.